The maximum atomic E-state index is 7.07. The second-order valence-electron chi connectivity index (χ2n) is 2.37. The predicted octanol–water partition coefficient (Wildman–Crippen LogP) is 1.10. The molecular formula is C9H12N2O2. The molecule has 0 fully saturated rings. The highest BCUT2D eigenvalue weighted by atomic mass is 16.5. The Balaban J connectivity index is 2.59. The van der Waals surface area contributed by atoms with Crippen LogP contribution in [0.3, 0.4) is 0 Å². The molecule has 0 aromatic carbocycles. The zero-order valence-corrected chi connectivity index (χ0v) is 7.49. The minimum Gasteiger partial charge on any atom is -0.489 e. The van der Waals surface area contributed by atoms with Gasteiger partial charge in [0.15, 0.2) is 0 Å². The van der Waals surface area contributed by atoms with Crippen LogP contribution in [-0.4, -0.2) is 31.5 Å². The topological polar surface area (TPSA) is 55.2 Å². The van der Waals surface area contributed by atoms with Gasteiger partial charge < -0.3 is 14.9 Å². The Kier molecular flexibility index (Phi) is 3.92. The first-order valence-corrected chi connectivity index (χ1v) is 3.95. The van der Waals surface area contributed by atoms with E-state index in [9.17, 15) is 0 Å². The van der Waals surface area contributed by atoms with Crippen molar-refractivity contribution in [3.8, 4) is 5.75 Å². The van der Waals surface area contributed by atoms with Crippen molar-refractivity contribution < 1.29 is 9.47 Å². The summed E-state index contributed by atoms with van der Waals surface area (Å²) in [7, 11) is 1.62. The van der Waals surface area contributed by atoms with E-state index in [0.717, 1.165) is 0 Å². The van der Waals surface area contributed by atoms with Crippen LogP contribution in [-0.2, 0) is 4.74 Å². The van der Waals surface area contributed by atoms with Crippen LogP contribution in [0, 0.1) is 5.41 Å². The number of methoxy groups -OCH3 is 1. The van der Waals surface area contributed by atoms with Gasteiger partial charge >= 0.3 is 0 Å². The zero-order chi connectivity index (χ0) is 9.52. The molecule has 1 heterocycles. The van der Waals surface area contributed by atoms with E-state index in [1.807, 2.05) is 0 Å². The summed E-state index contributed by atoms with van der Waals surface area (Å²) in [6.07, 6.45) is 2.80. The van der Waals surface area contributed by atoms with Crippen LogP contribution < -0.4 is 4.74 Å². The summed E-state index contributed by atoms with van der Waals surface area (Å²) in [6, 6.07) is 3.55. The molecule has 0 aliphatic rings. The van der Waals surface area contributed by atoms with Crippen molar-refractivity contribution in [3.63, 3.8) is 0 Å². The summed E-state index contributed by atoms with van der Waals surface area (Å²) in [5.41, 5.74) is 0.540. The van der Waals surface area contributed by atoms with Gasteiger partial charge in [-0.25, -0.2) is 0 Å². The minimum atomic E-state index is 0.475. The van der Waals surface area contributed by atoms with Gasteiger partial charge in [0.1, 0.15) is 18.1 Å². The second-order valence-corrected chi connectivity index (χ2v) is 2.37. The Morgan fingerprint density at radius 2 is 2.38 bits per heavy atom. The first-order valence-electron chi connectivity index (χ1n) is 3.95. The Bertz CT molecular complexity index is 276. The largest absolute Gasteiger partial charge is 0.489 e. The highest BCUT2D eigenvalue weighted by Crippen LogP contribution is 2.12. The normalized spacial score (nSPS) is 9.62. The first kappa shape index (κ1) is 9.67. The van der Waals surface area contributed by atoms with Crippen LogP contribution >= 0.6 is 0 Å². The fourth-order valence-electron chi connectivity index (χ4n) is 0.868. The molecule has 0 amide bonds. The summed E-state index contributed by atoms with van der Waals surface area (Å²) < 4.78 is 10.2. The van der Waals surface area contributed by atoms with Gasteiger partial charge in [-0.3, -0.25) is 4.98 Å². The standard InChI is InChI=1S/C9H12N2O2/c1-12-5-6-13-9-3-2-4-11-8(9)7-10/h2-4,7,10H,5-6H2,1H3. The molecule has 0 aliphatic heterocycles. The quantitative estimate of drug-likeness (QED) is 0.545. The number of pyridine rings is 1. The molecule has 13 heavy (non-hydrogen) atoms. The summed E-state index contributed by atoms with van der Waals surface area (Å²) in [4.78, 5) is 3.97. The lowest BCUT2D eigenvalue weighted by Crippen LogP contribution is -2.06. The molecule has 0 radical (unpaired) electrons. The molecule has 0 atom stereocenters. The van der Waals surface area contributed by atoms with E-state index in [4.69, 9.17) is 14.9 Å². The van der Waals surface area contributed by atoms with E-state index in [1.165, 1.54) is 6.21 Å². The highest BCUT2D eigenvalue weighted by molar-refractivity contribution is 5.78. The summed E-state index contributed by atoms with van der Waals surface area (Å²) in [5.74, 6) is 0.620. The lowest BCUT2D eigenvalue weighted by molar-refractivity contribution is 0.146. The number of hydrogen-bond donors (Lipinski definition) is 1. The SMILES string of the molecule is COCCOc1cccnc1C=N. The average molecular weight is 180 g/mol. The van der Waals surface area contributed by atoms with Gasteiger partial charge in [0.25, 0.3) is 0 Å². The van der Waals surface area contributed by atoms with E-state index in [0.29, 0.717) is 24.7 Å². The maximum absolute atomic E-state index is 7.07. The molecule has 4 nitrogen and oxygen atoms in total. The van der Waals surface area contributed by atoms with Gasteiger partial charge in [-0.15, -0.1) is 0 Å². The molecule has 1 rings (SSSR count). The molecule has 1 aromatic rings. The third-order valence-electron chi connectivity index (χ3n) is 1.48. The van der Waals surface area contributed by atoms with Crippen LogP contribution in [0.4, 0.5) is 0 Å². The van der Waals surface area contributed by atoms with Gasteiger partial charge in [0.05, 0.1) is 6.61 Å². The van der Waals surface area contributed by atoms with Crippen molar-refractivity contribution >= 4 is 6.21 Å². The third-order valence-corrected chi connectivity index (χ3v) is 1.48. The fraction of sp³-hybridized carbons (Fsp3) is 0.333. The second kappa shape index (κ2) is 5.27. The number of ether oxygens (including phenoxy) is 2. The van der Waals surface area contributed by atoms with Crippen molar-refractivity contribution in [1.82, 2.24) is 4.98 Å². The average Bonchev–Trinajstić information content (AvgIpc) is 2.19. The third kappa shape index (κ3) is 2.83. The molecule has 4 heteroatoms. The predicted molar refractivity (Wildman–Crippen MR) is 49.5 cm³/mol. The number of hydrogen-bond acceptors (Lipinski definition) is 4. The summed E-state index contributed by atoms with van der Waals surface area (Å²) >= 11 is 0. The Hall–Kier alpha value is -1.42. The van der Waals surface area contributed by atoms with Crippen LogP contribution in [0.15, 0.2) is 18.3 Å². The smallest absolute Gasteiger partial charge is 0.146 e. The van der Waals surface area contributed by atoms with Gasteiger partial charge in [0.2, 0.25) is 0 Å². The lowest BCUT2D eigenvalue weighted by atomic mass is 10.3. The van der Waals surface area contributed by atoms with Crippen LogP contribution in [0.2, 0.25) is 0 Å². The molecule has 0 spiro atoms. The van der Waals surface area contributed by atoms with E-state index in [-0.39, 0.29) is 0 Å². The number of rotatable bonds is 5. The molecule has 0 bridgehead atoms. The Morgan fingerprint density at radius 3 is 3.08 bits per heavy atom. The van der Waals surface area contributed by atoms with E-state index in [2.05, 4.69) is 4.98 Å². The Labute approximate surface area is 77.0 Å². The lowest BCUT2D eigenvalue weighted by Gasteiger charge is -2.06. The molecule has 0 unspecified atom stereocenters. The van der Waals surface area contributed by atoms with Crippen LogP contribution in [0.5, 0.6) is 5.75 Å². The number of aromatic nitrogens is 1. The molecule has 0 saturated carbocycles. The summed E-state index contributed by atoms with van der Waals surface area (Å²) in [6.45, 7) is 1.01. The number of nitrogens with zero attached hydrogens (tertiary/aromatic N) is 1. The van der Waals surface area contributed by atoms with Crippen molar-refractivity contribution in [2.45, 2.75) is 0 Å². The fourth-order valence-corrected chi connectivity index (χ4v) is 0.868. The maximum Gasteiger partial charge on any atom is 0.146 e. The molecule has 1 N–H and O–H groups in total. The first-order chi connectivity index (χ1) is 6.38. The van der Waals surface area contributed by atoms with Crippen molar-refractivity contribution in [1.29, 1.82) is 5.41 Å². The van der Waals surface area contributed by atoms with Gasteiger partial charge in [-0.2, -0.15) is 0 Å². The minimum absolute atomic E-state index is 0.475. The number of nitrogens with one attached hydrogen (secondary N) is 1. The molecule has 0 aliphatic carbocycles. The van der Waals surface area contributed by atoms with Crippen molar-refractivity contribution in [2.75, 3.05) is 20.3 Å². The zero-order valence-electron chi connectivity index (χ0n) is 7.49. The molecular weight excluding hydrogens is 168 g/mol. The van der Waals surface area contributed by atoms with Gasteiger partial charge in [-0.05, 0) is 12.1 Å². The van der Waals surface area contributed by atoms with Crippen molar-refractivity contribution in [3.05, 3.63) is 24.0 Å². The van der Waals surface area contributed by atoms with Crippen LogP contribution in [0.1, 0.15) is 5.69 Å². The van der Waals surface area contributed by atoms with E-state index in [1.54, 1.807) is 25.4 Å². The van der Waals surface area contributed by atoms with Crippen molar-refractivity contribution in [2.24, 2.45) is 0 Å². The molecule has 70 valence electrons. The Morgan fingerprint density at radius 1 is 1.54 bits per heavy atom. The monoisotopic (exact) mass is 180 g/mol. The molecule has 1 aromatic heterocycles. The van der Waals surface area contributed by atoms with Gasteiger partial charge in [0, 0.05) is 19.5 Å². The molecule has 0 saturated heterocycles. The van der Waals surface area contributed by atoms with Crippen LogP contribution in [0.25, 0.3) is 0 Å². The van der Waals surface area contributed by atoms with Gasteiger partial charge in [-0.1, -0.05) is 0 Å². The highest BCUT2D eigenvalue weighted by Gasteiger charge is 1.99. The van der Waals surface area contributed by atoms with E-state index < -0.39 is 0 Å². The summed E-state index contributed by atoms with van der Waals surface area (Å²) in [5, 5.41) is 7.07. The van der Waals surface area contributed by atoms with E-state index >= 15 is 0 Å².